The molecule has 158 valence electrons. The predicted molar refractivity (Wildman–Crippen MR) is 122 cm³/mol. The summed E-state index contributed by atoms with van der Waals surface area (Å²) in [7, 11) is 1.43. The number of pyridine rings is 1. The van der Waals surface area contributed by atoms with Crippen molar-refractivity contribution < 1.29 is 9.53 Å². The molecule has 0 radical (unpaired) electrons. The lowest BCUT2D eigenvalue weighted by atomic mass is 10.1. The summed E-state index contributed by atoms with van der Waals surface area (Å²) in [6, 6.07) is 22.9. The van der Waals surface area contributed by atoms with E-state index in [0.29, 0.717) is 0 Å². The molecule has 0 atom stereocenters. The zero-order valence-corrected chi connectivity index (χ0v) is 18.0. The SMILES string of the molecule is COC(=O)Cn1c(C)c(CN(Cc2ccccc2)Cc2ccncc2)c2ccccc21. The van der Waals surface area contributed by atoms with Crippen molar-refractivity contribution in [2.45, 2.75) is 33.1 Å². The van der Waals surface area contributed by atoms with Gasteiger partial charge in [-0.25, -0.2) is 0 Å². The summed E-state index contributed by atoms with van der Waals surface area (Å²) in [6.45, 7) is 4.72. The maximum Gasteiger partial charge on any atom is 0.325 e. The molecule has 0 aliphatic heterocycles. The van der Waals surface area contributed by atoms with Gasteiger partial charge in [-0.15, -0.1) is 0 Å². The molecule has 0 saturated heterocycles. The first-order valence-electron chi connectivity index (χ1n) is 10.4. The smallest absolute Gasteiger partial charge is 0.325 e. The fraction of sp³-hybridized carbons (Fsp3) is 0.231. The van der Waals surface area contributed by atoms with E-state index in [1.165, 1.54) is 29.2 Å². The van der Waals surface area contributed by atoms with E-state index in [0.717, 1.165) is 30.8 Å². The molecule has 4 aromatic rings. The number of hydrogen-bond donors (Lipinski definition) is 0. The number of hydrogen-bond acceptors (Lipinski definition) is 4. The van der Waals surface area contributed by atoms with Gasteiger partial charge in [-0.05, 0) is 41.8 Å². The number of methoxy groups -OCH3 is 1. The first-order valence-corrected chi connectivity index (χ1v) is 10.4. The van der Waals surface area contributed by atoms with Crippen molar-refractivity contribution in [1.29, 1.82) is 0 Å². The summed E-state index contributed by atoms with van der Waals surface area (Å²) in [4.78, 5) is 18.6. The molecular formula is C26H27N3O2. The number of ether oxygens (including phenoxy) is 1. The van der Waals surface area contributed by atoms with Crippen molar-refractivity contribution in [3.05, 3.63) is 102 Å². The Labute approximate surface area is 182 Å². The number of para-hydroxylation sites is 1. The molecule has 5 nitrogen and oxygen atoms in total. The van der Waals surface area contributed by atoms with Gasteiger partial charge in [-0.2, -0.15) is 0 Å². The molecule has 0 aliphatic carbocycles. The number of carbonyl (C=O) groups is 1. The van der Waals surface area contributed by atoms with Crippen LogP contribution in [-0.4, -0.2) is 27.5 Å². The number of aromatic nitrogens is 2. The Bertz CT molecular complexity index is 1110. The zero-order chi connectivity index (χ0) is 21.6. The summed E-state index contributed by atoms with van der Waals surface area (Å²) in [5, 5.41) is 1.18. The van der Waals surface area contributed by atoms with E-state index in [-0.39, 0.29) is 12.5 Å². The summed E-state index contributed by atoms with van der Waals surface area (Å²) in [6.07, 6.45) is 3.67. The molecule has 5 heteroatoms. The fourth-order valence-corrected chi connectivity index (χ4v) is 4.08. The molecule has 0 spiro atoms. The van der Waals surface area contributed by atoms with Crippen LogP contribution in [0.5, 0.6) is 0 Å². The van der Waals surface area contributed by atoms with Gasteiger partial charge in [0.2, 0.25) is 0 Å². The van der Waals surface area contributed by atoms with Gasteiger partial charge in [0.05, 0.1) is 7.11 Å². The van der Waals surface area contributed by atoms with Crippen LogP contribution in [0.3, 0.4) is 0 Å². The van der Waals surface area contributed by atoms with Crippen LogP contribution < -0.4 is 0 Å². The Balaban J connectivity index is 1.70. The topological polar surface area (TPSA) is 47.4 Å². The van der Waals surface area contributed by atoms with E-state index in [1.54, 1.807) is 0 Å². The lowest BCUT2D eigenvalue weighted by Crippen LogP contribution is -2.23. The maximum atomic E-state index is 12.0. The van der Waals surface area contributed by atoms with Crippen LogP contribution >= 0.6 is 0 Å². The molecule has 2 heterocycles. The Kier molecular flexibility index (Phi) is 6.43. The highest BCUT2D eigenvalue weighted by atomic mass is 16.5. The molecule has 0 saturated carbocycles. The third-order valence-electron chi connectivity index (χ3n) is 5.66. The van der Waals surface area contributed by atoms with Crippen molar-refractivity contribution in [3.8, 4) is 0 Å². The van der Waals surface area contributed by atoms with Crippen LogP contribution in [0, 0.1) is 6.92 Å². The number of nitrogens with zero attached hydrogens (tertiary/aromatic N) is 3. The zero-order valence-electron chi connectivity index (χ0n) is 18.0. The number of rotatable bonds is 8. The fourth-order valence-electron chi connectivity index (χ4n) is 4.08. The molecule has 0 N–H and O–H groups in total. The number of carbonyl (C=O) groups excluding carboxylic acids is 1. The van der Waals surface area contributed by atoms with Crippen LogP contribution in [0.4, 0.5) is 0 Å². The van der Waals surface area contributed by atoms with E-state index in [9.17, 15) is 4.79 Å². The van der Waals surface area contributed by atoms with Crippen molar-refractivity contribution in [2.75, 3.05) is 7.11 Å². The maximum absolute atomic E-state index is 12.0. The Morgan fingerprint density at radius 1 is 0.903 bits per heavy atom. The molecule has 0 fully saturated rings. The third-order valence-corrected chi connectivity index (χ3v) is 5.66. The van der Waals surface area contributed by atoms with Crippen molar-refractivity contribution >= 4 is 16.9 Å². The summed E-state index contributed by atoms with van der Waals surface area (Å²) >= 11 is 0. The van der Waals surface area contributed by atoms with Crippen LogP contribution in [0.2, 0.25) is 0 Å². The highest BCUT2D eigenvalue weighted by Gasteiger charge is 2.19. The summed E-state index contributed by atoms with van der Waals surface area (Å²) in [5.41, 5.74) is 5.89. The van der Waals surface area contributed by atoms with Crippen molar-refractivity contribution in [3.63, 3.8) is 0 Å². The number of benzene rings is 2. The second-order valence-electron chi connectivity index (χ2n) is 7.73. The van der Waals surface area contributed by atoms with Crippen LogP contribution in [0.15, 0.2) is 79.1 Å². The van der Waals surface area contributed by atoms with Gasteiger partial charge in [-0.3, -0.25) is 14.7 Å². The Hall–Kier alpha value is -3.44. The third kappa shape index (κ3) is 4.84. The largest absolute Gasteiger partial charge is 0.468 e. The van der Waals surface area contributed by atoms with Crippen LogP contribution in [-0.2, 0) is 35.7 Å². The minimum atomic E-state index is -0.242. The lowest BCUT2D eigenvalue weighted by Gasteiger charge is -2.23. The van der Waals surface area contributed by atoms with E-state index < -0.39 is 0 Å². The van der Waals surface area contributed by atoms with Gasteiger partial charge in [0.1, 0.15) is 6.54 Å². The molecule has 0 unspecified atom stereocenters. The van der Waals surface area contributed by atoms with Crippen LogP contribution in [0.1, 0.15) is 22.4 Å². The minimum Gasteiger partial charge on any atom is -0.468 e. The van der Waals surface area contributed by atoms with Gasteiger partial charge in [0, 0.05) is 48.6 Å². The second kappa shape index (κ2) is 9.58. The van der Waals surface area contributed by atoms with Crippen molar-refractivity contribution in [1.82, 2.24) is 14.5 Å². The average molecular weight is 414 g/mol. The van der Waals surface area contributed by atoms with E-state index in [2.05, 4.69) is 76.0 Å². The predicted octanol–water partition coefficient (Wildman–Crippen LogP) is 4.72. The van der Waals surface area contributed by atoms with Crippen LogP contribution in [0.25, 0.3) is 10.9 Å². The minimum absolute atomic E-state index is 0.214. The van der Waals surface area contributed by atoms with Gasteiger partial charge in [0.15, 0.2) is 0 Å². The van der Waals surface area contributed by atoms with E-state index in [4.69, 9.17) is 4.74 Å². The van der Waals surface area contributed by atoms with Crippen molar-refractivity contribution in [2.24, 2.45) is 0 Å². The molecule has 0 aliphatic rings. The quantitative estimate of drug-likeness (QED) is 0.392. The number of fused-ring (bicyclic) bond motifs is 1. The lowest BCUT2D eigenvalue weighted by molar-refractivity contribution is -0.141. The highest BCUT2D eigenvalue weighted by Crippen LogP contribution is 2.28. The van der Waals surface area contributed by atoms with E-state index in [1.807, 2.05) is 24.5 Å². The first kappa shape index (κ1) is 20.8. The van der Waals surface area contributed by atoms with Gasteiger partial charge >= 0.3 is 5.97 Å². The molecular weight excluding hydrogens is 386 g/mol. The Morgan fingerprint density at radius 3 is 2.26 bits per heavy atom. The highest BCUT2D eigenvalue weighted by molar-refractivity contribution is 5.87. The van der Waals surface area contributed by atoms with Gasteiger partial charge in [-0.1, -0.05) is 48.5 Å². The monoisotopic (exact) mass is 413 g/mol. The van der Waals surface area contributed by atoms with E-state index >= 15 is 0 Å². The normalized spacial score (nSPS) is 11.2. The standard InChI is InChI=1S/C26H27N3O2/c1-20-24(23-10-6-7-11-25(23)29(20)19-26(30)31-2)18-28(16-21-8-4-3-5-9-21)17-22-12-14-27-15-13-22/h3-15H,16-19H2,1-2H3. The van der Waals surface area contributed by atoms with Gasteiger partial charge in [0.25, 0.3) is 0 Å². The second-order valence-corrected chi connectivity index (χ2v) is 7.73. The summed E-state index contributed by atoms with van der Waals surface area (Å²) in [5.74, 6) is -0.242. The summed E-state index contributed by atoms with van der Waals surface area (Å²) < 4.78 is 6.99. The molecule has 4 rings (SSSR count). The molecule has 0 amide bonds. The number of esters is 1. The molecule has 2 aromatic heterocycles. The first-order chi connectivity index (χ1) is 15.2. The average Bonchev–Trinajstić information content (AvgIpc) is 3.06. The molecule has 2 aromatic carbocycles. The molecule has 0 bridgehead atoms. The molecule has 31 heavy (non-hydrogen) atoms. The van der Waals surface area contributed by atoms with Gasteiger partial charge < -0.3 is 9.30 Å². The Morgan fingerprint density at radius 2 is 1.55 bits per heavy atom.